The van der Waals surface area contributed by atoms with Crippen molar-refractivity contribution in [2.24, 2.45) is 0 Å². The van der Waals surface area contributed by atoms with Gasteiger partial charge in [-0.2, -0.15) is 0 Å². The lowest BCUT2D eigenvalue weighted by molar-refractivity contribution is 0.0717. The molecule has 2 heteroatoms. The summed E-state index contributed by atoms with van der Waals surface area (Å²) < 4.78 is 6.03. The van der Waals surface area contributed by atoms with E-state index in [0.717, 1.165) is 17.6 Å². The molecule has 114 valence electrons. The SMILES string of the molecule is Cc1ccc2nc(-c3ccc4c(c3)C3CCC4O3)c(C)cc2c1. The van der Waals surface area contributed by atoms with Crippen LogP contribution in [0.3, 0.4) is 0 Å². The molecular formula is C21H19NO. The Morgan fingerprint density at radius 1 is 0.913 bits per heavy atom. The van der Waals surface area contributed by atoms with Crippen molar-refractivity contribution in [3.8, 4) is 11.3 Å². The maximum Gasteiger partial charge on any atom is 0.0838 e. The molecule has 2 bridgehead atoms. The van der Waals surface area contributed by atoms with E-state index in [1.165, 1.54) is 39.6 Å². The van der Waals surface area contributed by atoms with E-state index < -0.39 is 0 Å². The summed E-state index contributed by atoms with van der Waals surface area (Å²) in [6.45, 7) is 4.28. The zero-order chi connectivity index (χ0) is 15.6. The van der Waals surface area contributed by atoms with Crippen LogP contribution >= 0.6 is 0 Å². The van der Waals surface area contributed by atoms with Crippen LogP contribution < -0.4 is 0 Å². The molecule has 3 heterocycles. The number of aromatic nitrogens is 1. The average molecular weight is 301 g/mol. The quantitative estimate of drug-likeness (QED) is 0.598. The second-order valence-electron chi connectivity index (χ2n) is 6.88. The molecule has 1 aromatic heterocycles. The second kappa shape index (κ2) is 4.65. The summed E-state index contributed by atoms with van der Waals surface area (Å²) in [5, 5.41) is 1.22. The first-order valence-corrected chi connectivity index (χ1v) is 8.37. The van der Waals surface area contributed by atoms with Crippen LogP contribution in [0.1, 0.15) is 47.3 Å². The molecule has 2 atom stereocenters. The Balaban J connectivity index is 1.67. The third-order valence-corrected chi connectivity index (χ3v) is 5.23. The second-order valence-corrected chi connectivity index (χ2v) is 6.88. The fourth-order valence-corrected chi connectivity index (χ4v) is 4.08. The van der Waals surface area contributed by atoms with Gasteiger partial charge in [0.25, 0.3) is 0 Å². The van der Waals surface area contributed by atoms with Crippen LogP contribution in [-0.2, 0) is 4.74 Å². The standard InChI is InChI=1S/C21H19NO/c1-12-3-6-18-15(9-12)10-13(2)21(22-18)14-4-5-16-17(11-14)20-8-7-19(16)23-20/h3-6,9-11,19-20H,7-8H2,1-2H3. The van der Waals surface area contributed by atoms with Gasteiger partial charge >= 0.3 is 0 Å². The molecule has 0 saturated carbocycles. The van der Waals surface area contributed by atoms with E-state index in [-0.39, 0.29) is 0 Å². The van der Waals surface area contributed by atoms with Crippen LogP contribution in [0.25, 0.3) is 22.2 Å². The normalized spacial score (nSPS) is 21.8. The predicted molar refractivity (Wildman–Crippen MR) is 92.5 cm³/mol. The molecule has 1 saturated heterocycles. The zero-order valence-corrected chi connectivity index (χ0v) is 13.5. The van der Waals surface area contributed by atoms with Crippen molar-refractivity contribution in [2.75, 3.05) is 0 Å². The Hall–Kier alpha value is -2.19. The molecule has 0 radical (unpaired) electrons. The van der Waals surface area contributed by atoms with Gasteiger partial charge in [-0.05, 0) is 67.6 Å². The van der Waals surface area contributed by atoms with Gasteiger partial charge in [0.15, 0.2) is 0 Å². The Morgan fingerprint density at radius 2 is 1.74 bits per heavy atom. The van der Waals surface area contributed by atoms with Gasteiger partial charge in [0, 0.05) is 10.9 Å². The Kier molecular flexibility index (Phi) is 2.68. The van der Waals surface area contributed by atoms with E-state index in [2.05, 4.69) is 56.3 Å². The molecule has 0 aliphatic carbocycles. The molecule has 23 heavy (non-hydrogen) atoms. The third kappa shape index (κ3) is 1.95. The van der Waals surface area contributed by atoms with E-state index in [0.29, 0.717) is 12.2 Å². The lowest BCUT2D eigenvalue weighted by Gasteiger charge is -2.14. The number of benzene rings is 2. The largest absolute Gasteiger partial charge is 0.366 e. The molecule has 2 unspecified atom stereocenters. The molecule has 0 N–H and O–H groups in total. The fraction of sp³-hybridized carbons (Fsp3) is 0.286. The van der Waals surface area contributed by atoms with Crippen LogP contribution in [0.5, 0.6) is 0 Å². The lowest BCUT2D eigenvalue weighted by atomic mass is 9.89. The molecule has 0 spiro atoms. The van der Waals surface area contributed by atoms with Crippen LogP contribution in [0.2, 0.25) is 0 Å². The van der Waals surface area contributed by atoms with Gasteiger partial charge < -0.3 is 4.74 Å². The Morgan fingerprint density at radius 3 is 2.61 bits per heavy atom. The number of fused-ring (bicyclic) bond motifs is 6. The molecule has 2 aliphatic heterocycles. The van der Waals surface area contributed by atoms with Crippen molar-refractivity contribution < 1.29 is 4.74 Å². The van der Waals surface area contributed by atoms with Gasteiger partial charge in [0.1, 0.15) is 0 Å². The number of ether oxygens (including phenoxy) is 1. The maximum absolute atomic E-state index is 6.03. The van der Waals surface area contributed by atoms with E-state index >= 15 is 0 Å². The number of rotatable bonds is 1. The molecule has 3 aromatic rings. The van der Waals surface area contributed by atoms with Crippen molar-refractivity contribution in [2.45, 2.75) is 38.9 Å². The molecule has 5 rings (SSSR count). The molecule has 0 amide bonds. The van der Waals surface area contributed by atoms with E-state index in [4.69, 9.17) is 9.72 Å². The summed E-state index contributed by atoms with van der Waals surface area (Å²) in [5.74, 6) is 0. The fourth-order valence-electron chi connectivity index (χ4n) is 4.08. The maximum atomic E-state index is 6.03. The average Bonchev–Trinajstić information content (AvgIpc) is 3.16. The first-order valence-electron chi connectivity index (χ1n) is 8.37. The Labute approximate surface area is 136 Å². The first kappa shape index (κ1) is 13.3. The van der Waals surface area contributed by atoms with Crippen molar-refractivity contribution >= 4 is 10.9 Å². The zero-order valence-electron chi connectivity index (χ0n) is 13.5. The van der Waals surface area contributed by atoms with Gasteiger partial charge in [-0.15, -0.1) is 0 Å². The number of pyridine rings is 1. The molecule has 2 nitrogen and oxygen atoms in total. The number of nitrogens with zero attached hydrogens (tertiary/aromatic N) is 1. The van der Waals surface area contributed by atoms with E-state index in [9.17, 15) is 0 Å². The van der Waals surface area contributed by atoms with Gasteiger partial charge in [0.2, 0.25) is 0 Å². The molecular weight excluding hydrogens is 282 g/mol. The minimum atomic E-state index is 0.304. The highest BCUT2D eigenvalue weighted by Gasteiger charge is 2.37. The topological polar surface area (TPSA) is 22.1 Å². The number of hydrogen-bond acceptors (Lipinski definition) is 2. The van der Waals surface area contributed by atoms with Crippen molar-refractivity contribution in [3.05, 3.63) is 64.7 Å². The van der Waals surface area contributed by atoms with Crippen molar-refractivity contribution in [1.82, 2.24) is 4.98 Å². The highest BCUT2D eigenvalue weighted by atomic mass is 16.5. The third-order valence-electron chi connectivity index (χ3n) is 5.23. The minimum absolute atomic E-state index is 0.304. The smallest absolute Gasteiger partial charge is 0.0838 e. The van der Waals surface area contributed by atoms with Gasteiger partial charge in [-0.25, -0.2) is 4.98 Å². The van der Waals surface area contributed by atoms with Gasteiger partial charge in [0.05, 0.1) is 23.4 Å². The molecule has 2 aromatic carbocycles. The monoisotopic (exact) mass is 301 g/mol. The highest BCUT2D eigenvalue weighted by molar-refractivity contribution is 5.84. The van der Waals surface area contributed by atoms with Crippen LogP contribution in [-0.4, -0.2) is 4.98 Å². The Bertz CT molecular complexity index is 944. The highest BCUT2D eigenvalue weighted by Crippen LogP contribution is 2.51. The minimum Gasteiger partial charge on any atom is -0.366 e. The summed E-state index contributed by atoms with van der Waals surface area (Å²) in [6, 6.07) is 15.5. The van der Waals surface area contributed by atoms with E-state index in [1.54, 1.807) is 0 Å². The molecule has 1 fully saturated rings. The summed E-state index contributed by atoms with van der Waals surface area (Å²) in [4.78, 5) is 4.93. The lowest BCUT2D eigenvalue weighted by Crippen LogP contribution is -1.99. The van der Waals surface area contributed by atoms with Crippen molar-refractivity contribution in [1.29, 1.82) is 0 Å². The summed E-state index contributed by atoms with van der Waals surface area (Å²) in [5.41, 5.74) is 8.63. The van der Waals surface area contributed by atoms with Gasteiger partial charge in [-0.3, -0.25) is 0 Å². The molecule has 2 aliphatic rings. The van der Waals surface area contributed by atoms with Crippen LogP contribution in [0.15, 0.2) is 42.5 Å². The van der Waals surface area contributed by atoms with E-state index in [1.807, 2.05) is 0 Å². The number of hydrogen-bond donors (Lipinski definition) is 0. The first-order chi connectivity index (χ1) is 11.2. The summed E-state index contributed by atoms with van der Waals surface area (Å²) in [7, 11) is 0. The number of aryl methyl sites for hydroxylation is 2. The van der Waals surface area contributed by atoms with Crippen LogP contribution in [0, 0.1) is 13.8 Å². The predicted octanol–water partition coefficient (Wildman–Crippen LogP) is 5.42. The summed E-state index contributed by atoms with van der Waals surface area (Å²) >= 11 is 0. The summed E-state index contributed by atoms with van der Waals surface area (Å²) in [6.07, 6.45) is 2.96. The van der Waals surface area contributed by atoms with Crippen molar-refractivity contribution in [3.63, 3.8) is 0 Å². The van der Waals surface area contributed by atoms with Gasteiger partial charge in [-0.1, -0.05) is 23.8 Å². The van der Waals surface area contributed by atoms with Crippen LogP contribution in [0.4, 0.5) is 0 Å².